The van der Waals surface area contributed by atoms with Crippen molar-refractivity contribution >= 4 is 17.4 Å². The second-order valence-corrected chi connectivity index (χ2v) is 5.23. The van der Waals surface area contributed by atoms with Crippen LogP contribution in [0.5, 0.6) is 0 Å². The van der Waals surface area contributed by atoms with E-state index in [-0.39, 0.29) is 5.91 Å². The Kier molecular flexibility index (Phi) is 6.82. The number of carbonyl (C=O) groups is 1. The summed E-state index contributed by atoms with van der Waals surface area (Å²) in [5.74, 6) is 0.473. The second kappa shape index (κ2) is 8.16. The third-order valence-electron chi connectivity index (χ3n) is 2.30. The molecule has 0 unspecified atom stereocenters. The van der Waals surface area contributed by atoms with Crippen molar-refractivity contribution in [2.24, 2.45) is 5.92 Å². The van der Waals surface area contributed by atoms with E-state index in [4.69, 9.17) is 4.74 Å². The Labute approximate surface area is 112 Å². The number of amides is 1. The van der Waals surface area contributed by atoms with Gasteiger partial charge >= 0.3 is 0 Å². The molecule has 1 N–H and O–H groups in total. The van der Waals surface area contributed by atoms with Gasteiger partial charge in [-0.15, -0.1) is 5.10 Å². The maximum atomic E-state index is 11.8. The number of hydrogen-bond donors (Lipinski definition) is 1. The van der Waals surface area contributed by atoms with Gasteiger partial charge in [-0.3, -0.25) is 4.79 Å². The van der Waals surface area contributed by atoms with E-state index in [1.54, 1.807) is 0 Å². The van der Waals surface area contributed by atoms with Crippen LogP contribution in [-0.2, 0) is 11.2 Å². The van der Waals surface area contributed by atoms with Crippen LogP contribution in [0.1, 0.15) is 42.6 Å². The van der Waals surface area contributed by atoms with Crippen molar-refractivity contribution in [2.45, 2.75) is 33.6 Å². The van der Waals surface area contributed by atoms with Crippen LogP contribution in [0.3, 0.4) is 0 Å². The largest absolute Gasteiger partial charge is 0.381 e. The molecule has 1 aromatic rings. The molecule has 0 aliphatic heterocycles. The lowest BCUT2D eigenvalue weighted by Crippen LogP contribution is -2.25. The van der Waals surface area contributed by atoms with E-state index < -0.39 is 0 Å². The fourth-order valence-electron chi connectivity index (χ4n) is 1.39. The van der Waals surface area contributed by atoms with E-state index in [1.165, 1.54) is 0 Å². The maximum absolute atomic E-state index is 11.8. The maximum Gasteiger partial charge on any atom is 0.264 e. The molecule has 0 atom stereocenters. The Morgan fingerprint density at radius 1 is 1.50 bits per heavy atom. The van der Waals surface area contributed by atoms with Gasteiger partial charge in [-0.05, 0) is 30.3 Å². The Hall–Kier alpha value is -1.01. The number of hydrogen-bond acceptors (Lipinski definition) is 5. The molecule has 1 amide bonds. The molecule has 1 rings (SSSR count). The summed E-state index contributed by atoms with van der Waals surface area (Å²) < 4.78 is 9.24. The molecule has 0 bridgehead atoms. The molecule has 1 heterocycles. The van der Waals surface area contributed by atoms with E-state index in [2.05, 4.69) is 28.8 Å². The van der Waals surface area contributed by atoms with Crippen LogP contribution in [0.25, 0.3) is 0 Å². The number of rotatable bonds is 8. The molecule has 0 saturated heterocycles. The first kappa shape index (κ1) is 15.0. The molecule has 5 nitrogen and oxygen atoms in total. The van der Waals surface area contributed by atoms with Crippen molar-refractivity contribution in [1.29, 1.82) is 0 Å². The predicted octanol–water partition coefficient (Wildman–Crippen LogP) is 1.89. The van der Waals surface area contributed by atoms with Gasteiger partial charge in [-0.25, -0.2) is 0 Å². The van der Waals surface area contributed by atoms with Gasteiger partial charge < -0.3 is 10.1 Å². The summed E-state index contributed by atoms with van der Waals surface area (Å²) >= 11 is 1.15. The molecule has 0 spiro atoms. The smallest absolute Gasteiger partial charge is 0.264 e. The van der Waals surface area contributed by atoms with E-state index in [1.807, 2.05) is 6.92 Å². The molecule has 18 heavy (non-hydrogen) atoms. The van der Waals surface area contributed by atoms with Crippen molar-refractivity contribution in [3.8, 4) is 0 Å². The average molecular weight is 271 g/mol. The van der Waals surface area contributed by atoms with Gasteiger partial charge in [0.2, 0.25) is 0 Å². The molecule has 0 radical (unpaired) electrons. The molecule has 0 aliphatic carbocycles. The van der Waals surface area contributed by atoms with E-state index in [9.17, 15) is 4.79 Å². The van der Waals surface area contributed by atoms with Gasteiger partial charge in [-0.2, -0.15) is 0 Å². The number of aromatic nitrogens is 2. The first-order valence-corrected chi connectivity index (χ1v) is 7.09. The van der Waals surface area contributed by atoms with Crippen LogP contribution in [0.15, 0.2) is 0 Å². The van der Waals surface area contributed by atoms with Crippen LogP contribution in [0.4, 0.5) is 0 Å². The Morgan fingerprint density at radius 2 is 2.28 bits per heavy atom. The molecule has 0 aliphatic rings. The lowest BCUT2D eigenvalue weighted by molar-refractivity contribution is 0.0927. The molecule has 0 saturated carbocycles. The average Bonchev–Trinajstić information content (AvgIpc) is 2.81. The summed E-state index contributed by atoms with van der Waals surface area (Å²) in [5, 5.41) is 6.78. The normalized spacial score (nSPS) is 10.9. The number of nitrogens with zero attached hydrogens (tertiary/aromatic N) is 2. The third kappa shape index (κ3) is 5.10. The van der Waals surface area contributed by atoms with Gasteiger partial charge in [0.15, 0.2) is 0 Å². The van der Waals surface area contributed by atoms with Gasteiger partial charge in [0, 0.05) is 19.8 Å². The first-order chi connectivity index (χ1) is 8.65. The molecule has 1 aromatic heterocycles. The predicted molar refractivity (Wildman–Crippen MR) is 71.9 cm³/mol. The molecule has 6 heteroatoms. The van der Waals surface area contributed by atoms with Crippen molar-refractivity contribution in [3.63, 3.8) is 0 Å². The minimum Gasteiger partial charge on any atom is -0.381 e. The van der Waals surface area contributed by atoms with E-state index >= 15 is 0 Å². The number of carbonyl (C=O) groups excluding carboxylic acids is 1. The molecule has 102 valence electrons. The van der Waals surface area contributed by atoms with E-state index in [0.717, 1.165) is 36.7 Å². The van der Waals surface area contributed by atoms with Crippen LogP contribution in [0.2, 0.25) is 0 Å². The highest BCUT2D eigenvalue weighted by Gasteiger charge is 2.13. The van der Waals surface area contributed by atoms with Gasteiger partial charge in [0.05, 0.1) is 5.69 Å². The number of nitrogens with one attached hydrogen (secondary N) is 1. The Bertz CT molecular complexity index is 366. The van der Waals surface area contributed by atoms with Crippen molar-refractivity contribution < 1.29 is 9.53 Å². The molecular formula is C12H21N3O2S. The topological polar surface area (TPSA) is 64.1 Å². The van der Waals surface area contributed by atoms with Gasteiger partial charge in [0.25, 0.3) is 5.91 Å². The number of ether oxygens (including phenoxy) is 1. The lowest BCUT2D eigenvalue weighted by Gasteiger charge is -2.07. The fraction of sp³-hybridized carbons (Fsp3) is 0.750. The SMILES string of the molecule is CCc1nnsc1C(=O)NCCCOCC(C)C. The van der Waals surface area contributed by atoms with Gasteiger partial charge in [-0.1, -0.05) is 25.3 Å². The van der Waals surface area contributed by atoms with Crippen molar-refractivity contribution in [2.75, 3.05) is 19.8 Å². The minimum atomic E-state index is -0.0780. The van der Waals surface area contributed by atoms with Crippen LogP contribution in [0, 0.1) is 5.92 Å². The summed E-state index contributed by atoms with van der Waals surface area (Å²) in [6.07, 6.45) is 1.56. The molecule has 0 fully saturated rings. The highest BCUT2D eigenvalue weighted by Crippen LogP contribution is 2.10. The standard InChI is InChI=1S/C12H21N3O2S/c1-4-10-11(18-15-14-10)12(16)13-6-5-7-17-8-9(2)3/h9H,4-8H2,1-3H3,(H,13,16). The molecular weight excluding hydrogens is 250 g/mol. The third-order valence-corrected chi connectivity index (χ3v) is 3.07. The summed E-state index contributed by atoms with van der Waals surface area (Å²) in [5.41, 5.74) is 0.772. The van der Waals surface area contributed by atoms with Crippen LogP contribution in [-0.4, -0.2) is 35.3 Å². The first-order valence-electron chi connectivity index (χ1n) is 6.32. The lowest BCUT2D eigenvalue weighted by atomic mass is 10.2. The van der Waals surface area contributed by atoms with Crippen LogP contribution < -0.4 is 5.32 Å². The van der Waals surface area contributed by atoms with Crippen molar-refractivity contribution in [1.82, 2.24) is 14.9 Å². The number of aryl methyl sites for hydroxylation is 1. The highest BCUT2D eigenvalue weighted by molar-refractivity contribution is 7.08. The summed E-state index contributed by atoms with van der Waals surface area (Å²) in [4.78, 5) is 12.4. The minimum absolute atomic E-state index is 0.0780. The zero-order valence-electron chi connectivity index (χ0n) is 11.2. The summed E-state index contributed by atoms with van der Waals surface area (Å²) in [6, 6.07) is 0. The Morgan fingerprint density at radius 3 is 2.94 bits per heavy atom. The zero-order chi connectivity index (χ0) is 13.4. The highest BCUT2D eigenvalue weighted by atomic mass is 32.1. The van der Waals surface area contributed by atoms with E-state index in [0.29, 0.717) is 23.9 Å². The summed E-state index contributed by atoms with van der Waals surface area (Å²) in [7, 11) is 0. The quantitative estimate of drug-likeness (QED) is 0.733. The second-order valence-electron chi connectivity index (χ2n) is 4.48. The van der Waals surface area contributed by atoms with Gasteiger partial charge in [0.1, 0.15) is 4.88 Å². The zero-order valence-corrected chi connectivity index (χ0v) is 12.0. The fourth-order valence-corrected chi connectivity index (χ4v) is 2.05. The monoisotopic (exact) mass is 271 g/mol. The summed E-state index contributed by atoms with van der Waals surface area (Å²) in [6.45, 7) is 8.27. The Balaban J connectivity index is 2.18. The van der Waals surface area contributed by atoms with Crippen LogP contribution >= 0.6 is 11.5 Å². The molecule has 0 aromatic carbocycles. The van der Waals surface area contributed by atoms with Crippen molar-refractivity contribution in [3.05, 3.63) is 10.6 Å².